The Labute approximate surface area is 461 Å². The smallest absolute Gasteiger partial charge is 0.318 e. The first kappa shape index (κ1) is 56.4. The molecular formula is C58H75N11O8S. The van der Waals surface area contributed by atoms with Gasteiger partial charge in [0.1, 0.15) is 31.1 Å². The van der Waals surface area contributed by atoms with Gasteiger partial charge in [0.25, 0.3) is 0 Å². The first-order valence-corrected chi connectivity index (χ1v) is 28.2. The Morgan fingerprint density at radius 3 is 2.50 bits per heavy atom. The molecule has 3 amide bonds. The number of likely N-dealkylation sites (tertiary alicyclic amines) is 2. The van der Waals surface area contributed by atoms with Crippen LogP contribution in [-0.2, 0) is 41.6 Å². The second kappa shape index (κ2) is 25.7. The number of hydrogen-bond donors (Lipinski definition) is 4. The van der Waals surface area contributed by atoms with Crippen LogP contribution in [0.25, 0.3) is 21.2 Å². The molecule has 4 N–H and O–H groups in total. The van der Waals surface area contributed by atoms with Gasteiger partial charge < -0.3 is 54.7 Å². The topological polar surface area (TPSA) is 220 Å². The van der Waals surface area contributed by atoms with E-state index in [4.69, 9.17) is 28.9 Å². The molecule has 416 valence electrons. The summed E-state index contributed by atoms with van der Waals surface area (Å²) in [6, 6.07) is 23.5. The maximum absolute atomic E-state index is 14.1. The van der Waals surface area contributed by atoms with Gasteiger partial charge in [-0.25, -0.2) is 4.98 Å². The molecule has 3 fully saturated rings. The fourth-order valence-electron chi connectivity index (χ4n) is 11.1. The highest BCUT2D eigenvalue weighted by molar-refractivity contribution is 7.13. The molecule has 4 aliphatic rings. The molecule has 4 aliphatic heterocycles. The van der Waals surface area contributed by atoms with Crippen molar-refractivity contribution in [1.29, 1.82) is 5.26 Å². The van der Waals surface area contributed by atoms with Crippen LogP contribution in [0.15, 0.2) is 72.2 Å². The Hall–Kier alpha value is -6.31. The zero-order chi connectivity index (χ0) is 54.9. The van der Waals surface area contributed by atoms with E-state index in [-0.39, 0.29) is 62.9 Å². The number of carbonyl (C=O) groups excluding carboxylic acids is 3. The monoisotopic (exact) mass is 1090 g/mol. The lowest BCUT2D eigenvalue weighted by Gasteiger charge is -2.37. The zero-order valence-electron chi connectivity index (χ0n) is 45.8. The number of nitrogens with zero attached hydrogens (tertiary/aromatic N) is 8. The third-order valence-corrected chi connectivity index (χ3v) is 16.3. The van der Waals surface area contributed by atoms with Crippen molar-refractivity contribution < 1.29 is 38.4 Å². The Balaban J connectivity index is 0.703. The Morgan fingerprint density at radius 1 is 0.936 bits per heavy atom. The number of piperazine rings is 1. The number of aryl methyl sites for hydroxylation is 1. The molecular weight excluding hydrogens is 1010 g/mol. The summed E-state index contributed by atoms with van der Waals surface area (Å²) in [5.74, 6) is -0.393. The van der Waals surface area contributed by atoms with Crippen LogP contribution in [0.2, 0.25) is 0 Å². The van der Waals surface area contributed by atoms with Gasteiger partial charge in [-0.05, 0) is 61.7 Å². The summed E-state index contributed by atoms with van der Waals surface area (Å²) in [5, 5.41) is 31.9. The van der Waals surface area contributed by atoms with Crippen molar-refractivity contribution in [3.05, 3.63) is 94.8 Å². The number of aliphatic hydroxyl groups excluding tert-OH is 1. The lowest BCUT2D eigenvalue weighted by atomic mass is 9.85. The molecule has 2 aromatic heterocycles. The number of fused-ring (bicyclic) bond motifs is 2. The Bertz CT molecular complexity index is 2910. The highest BCUT2D eigenvalue weighted by Crippen LogP contribution is 2.35. The van der Waals surface area contributed by atoms with Gasteiger partial charge in [0.15, 0.2) is 0 Å². The van der Waals surface area contributed by atoms with E-state index in [1.165, 1.54) is 21.4 Å². The van der Waals surface area contributed by atoms with Gasteiger partial charge >= 0.3 is 6.01 Å². The SMILES string of the molecule is Cc1ncsc1-c1ccc([C@H](C)NC(=O)[C@@H]2C[C@@H](O)CN2C(=O)C(NC(=O)COCCOCCO[C@@H]2C[C@@H](COc3nc4c(c(N5CCNC(CC#N)C5)n3)CCN(c3cccc5ccccc35)C4)N(C)C2)C(C)(C)C)cc1. The van der Waals surface area contributed by atoms with Gasteiger partial charge in [0, 0.05) is 74.4 Å². The van der Waals surface area contributed by atoms with E-state index in [1.54, 1.807) is 11.3 Å². The van der Waals surface area contributed by atoms with Crippen molar-refractivity contribution in [2.45, 2.75) is 109 Å². The minimum atomic E-state index is -0.978. The fraction of sp³-hybridized carbons (Fsp3) is 0.534. The van der Waals surface area contributed by atoms with Crippen molar-refractivity contribution in [3.8, 4) is 22.5 Å². The van der Waals surface area contributed by atoms with E-state index in [9.17, 15) is 24.8 Å². The Kier molecular flexibility index (Phi) is 18.6. The van der Waals surface area contributed by atoms with Crippen molar-refractivity contribution in [3.63, 3.8) is 0 Å². The van der Waals surface area contributed by atoms with Gasteiger partial charge in [-0.1, -0.05) is 81.4 Å². The van der Waals surface area contributed by atoms with E-state index < -0.39 is 35.4 Å². The van der Waals surface area contributed by atoms with Crippen LogP contribution in [-0.4, -0.2) is 170 Å². The van der Waals surface area contributed by atoms with E-state index in [0.717, 1.165) is 77.8 Å². The molecule has 5 aromatic rings. The van der Waals surface area contributed by atoms with Gasteiger partial charge in [-0.15, -0.1) is 11.3 Å². The van der Waals surface area contributed by atoms with Crippen molar-refractivity contribution in [2.24, 2.45) is 5.41 Å². The molecule has 7 atom stereocenters. The van der Waals surface area contributed by atoms with Crippen molar-refractivity contribution in [1.82, 2.24) is 40.7 Å². The van der Waals surface area contributed by atoms with Gasteiger partial charge in [0.2, 0.25) is 17.7 Å². The number of anilines is 2. The third-order valence-electron chi connectivity index (χ3n) is 15.3. The van der Waals surface area contributed by atoms with Crippen molar-refractivity contribution >= 4 is 51.3 Å². The average molecular weight is 1090 g/mol. The van der Waals surface area contributed by atoms with E-state index >= 15 is 0 Å². The van der Waals surface area contributed by atoms with Crippen LogP contribution in [0.4, 0.5) is 11.5 Å². The molecule has 0 bridgehead atoms. The summed E-state index contributed by atoms with van der Waals surface area (Å²) < 4.78 is 24.2. The number of β-amino-alcohol motifs (C(OH)–C–C–N with tert-alkyl or cyclic N) is 1. The predicted molar refractivity (Wildman–Crippen MR) is 299 cm³/mol. The van der Waals surface area contributed by atoms with Crippen LogP contribution in [0.1, 0.15) is 75.5 Å². The average Bonchev–Trinajstić information content (AvgIpc) is 4.25. The summed E-state index contributed by atoms with van der Waals surface area (Å²) in [6.07, 6.45) is 1.18. The predicted octanol–water partition coefficient (Wildman–Crippen LogP) is 5.19. The summed E-state index contributed by atoms with van der Waals surface area (Å²) in [6.45, 7) is 15.0. The molecule has 0 saturated carbocycles. The molecule has 9 rings (SSSR count). The molecule has 3 saturated heterocycles. The summed E-state index contributed by atoms with van der Waals surface area (Å²) >= 11 is 1.58. The molecule has 6 heterocycles. The number of rotatable bonds is 21. The molecule has 0 spiro atoms. The highest BCUT2D eigenvalue weighted by Gasteiger charge is 2.45. The molecule has 0 aliphatic carbocycles. The second-order valence-electron chi connectivity index (χ2n) is 22.1. The molecule has 0 radical (unpaired) electrons. The lowest BCUT2D eigenvalue weighted by Crippen LogP contribution is -2.58. The number of aromatic nitrogens is 3. The van der Waals surface area contributed by atoms with Gasteiger partial charge in [-0.3, -0.25) is 19.3 Å². The number of thiazole rings is 1. The van der Waals surface area contributed by atoms with E-state index in [2.05, 4.69) is 91.2 Å². The molecule has 3 aromatic carbocycles. The van der Waals surface area contributed by atoms with Crippen LogP contribution < -0.4 is 30.5 Å². The lowest BCUT2D eigenvalue weighted by molar-refractivity contribution is -0.144. The summed E-state index contributed by atoms with van der Waals surface area (Å²) in [7, 11) is 2.07. The quantitative estimate of drug-likeness (QED) is 0.0695. The highest BCUT2D eigenvalue weighted by atomic mass is 32.1. The van der Waals surface area contributed by atoms with Gasteiger partial charge in [-0.2, -0.15) is 15.2 Å². The number of hydrogen-bond acceptors (Lipinski definition) is 17. The van der Waals surface area contributed by atoms with Gasteiger partial charge in [0.05, 0.1) is 85.5 Å². The molecule has 20 heteroatoms. The first-order chi connectivity index (χ1) is 37.6. The maximum Gasteiger partial charge on any atom is 0.318 e. The fourth-order valence-corrected chi connectivity index (χ4v) is 11.9. The summed E-state index contributed by atoms with van der Waals surface area (Å²) in [5.41, 5.74) is 7.31. The minimum Gasteiger partial charge on any atom is -0.462 e. The van der Waals surface area contributed by atoms with E-state index in [0.29, 0.717) is 45.3 Å². The number of nitrogens with one attached hydrogen (secondary N) is 3. The van der Waals surface area contributed by atoms with Crippen molar-refractivity contribution in [2.75, 3.05) is 95.8 Å². The van der Waals surface area contributed by atoms with Crippen LogP contribution in [0.5, 0.6) is 6.01 Å². The molecule has 78 heavy (non-hydrogen) atoms. The first-order valence-electron chi connectivity index (χ1n) is 27.3. The number of amides is 3. The normalized spacial score (nSPS) is 21.5. The number of ether oxygens (including phenoxy) is 4. The summed E-state index contributed by atoms with van der Waals surface area (Å²) in [4.78, 5) is 64.9. The second-order valence-corrected chi connectivity index (χ2v) is 22.9. The zero-order valence-corrected chi connectivity index (χ0v) is 46.6. The number of benzene rings is 3. The Morgan fingerprint density at radius 2 is 1.72 bits per heavy atom. The third kappa shape index (κ3) is 13.7. The standard InChI is InChI=1S/C58H75N11O8S/c1-37(39-14-16-41(17-15-39)52-38(2)61-36-78-52)62-55(72)50-29-44(70)31-69(50)56(73)53(58(3,4)5)64-51(71)35-75-25-24-74-26-27-76-45-28-43(66(6)32-45)34-77-57-63-48-33-67(49-13-9-11-40-10-7-8-12-46(40)49)22-19-47(48)54(65-57)68-23-21-60-42(30-68)18-20-59/h7-17,36-37,42-45,50,53,60,70H,18-19,21-35H2,1-6H3,(H,62,72)(H,64,71)/t37-,42?,43-,44+,45+,50-,53?/m0/s1. The van der Waals surface area contributed by atoms with E-state index in [1.807, 2.05) is 64.4 Å². The molecule has 2 unspecified atom stereocenters. The molecule has 19 nitrogen and oxygen atoms in total. The van der Waals surface area contributed by atoms with Crippen LogP contribution >= 0.6 is 11.3 Å². The number of nitriles is 1. The van der Waals surface area contributed by atoms with Crippen LogP contribution in [0, 0.1) is 23.7 Å². The van der Waals surface area contributed by atoms with Crippen LogP contribution in [0.3, 0.4) is 0 Å². The number of carbonyl (C=O) groups is 3. The largest absolute Gasteiger partial charge is 0.462 e. The maximum atomic E-state index is 14.1. The minimum absolute atomic E-state index is 0.0162. The number of likely N-dealkylation sites (N-methyl/N-ethyl adjacent to an activating group) is 1. The number of aliphatic hydroxyl groups is 1.